The Morgan fingerprint density at radius 1 is 1.43 bits per heavy atom. The van der Waals surface area contributed by atoms with Crippen molar-refractivity contribution in [2.24, 2.45) is 0 Å². The first-order chi connectivity index (χ1) is 6.72. The molecule has 0 atom stereocenters. The molecule has 0 N–H and O–H groups in total. The highest BCUT2D eigenvalue weighted by molar-refractivity contribution is 5.44. The molecular formula is C11H15N3. The number of nitrogens with zero attached hydrogens (tertiary/aromatic N) is 3. The first-order valence-electron chi connectivity index (χ1n) is 5.04. The van der Waals surface area contributed by atoms with Crippen molar-refractivity contribution in [3.8, 4) is 0 Å². The van der Waals surface area contributed by atoms with Gasteiger partial charge in [0.25, 0.3) is 0 Å². The molecule has 2 rings (SSSR count). The van der Waals surface area contributed by atoms with E-state index < -0.39 is 0 Å². The lowest BCUT2D eigenvalue weighted by atomic mass is 9.98. The number of rotatable bonds is 2. The minimum Gasteiger partial charge on any atom is -0.221 e. The molecule has 74 valence electrons. The Morgan fingerprint density at radius 2 is 2.21 bits per heavy atom. The summed E-state index contributed by atoms with van der Waals surface area (Å²) in [6.07, 6.45) is 4.74. The fourth-order valence-electron chi connectivity index (χ4n) is 1.74. The molecule has 0 radical (unpaired) electrons. The smallest absolute Gasteiger partial charge is 0.155 e. The minimum atomic E-state index is 0.540. The maximum atomic E-state index is 4.18. The summed E-state index contributed by atoms with van der Waals surface area (Å²) in [5, 5.41) is 4.14. The molecule has 2 aromatic rings. The molecule has 0 fully saturated rings. The maximum absolute atomic E-state index is 4.18. The summed E-state index contributed by atoms with van der Waals surface area (Å²) in [5.41, 5.74) is 3.68. The number of pyridine rings is 1. The summed E-state index contributed by atoms with van der Waals surface area (Å²) in [7, 11) is 0. The van der Waals surface area contributed by atoms with Gasteiger partial charge in [-0.1, -0.05) is 20.8 Å². The maximum Gasteiger partial charge on any atom is 0.155 e. The van der Waals surface area contributed by atoms with Crippen LogP contribution in [0.15, 0.2) is 18.6 Å². The van der Waals surface area contributed by atoms with Crippen LogP contribution in [0.4, 0.5) is 0 Å². The molecule has 0 aliphatic heterocycles. The summed E-state index contributed by atoms with van der Waals surface area (Å²) in [4.78, 5) is 4.18. The third-order valence-electron chi connectivity index (χ3n) is 2.54. The van der Waals surface area contributed by atoms with Crippen LogP contribution in [0.25, 0.3) is 5.65 Å². The van der Waals surface area contributed by atoms with Gasteiger partial charge in [-0.05, 0) is 29.5 Å². The second-order valence-corrected chi connectivity index (χ2v) is 3.83. The van der Waals surface area contributed by atoms with Gasteiger partial charge in [0.05, 0.1) is 0 Å². The van der Waals surface area contributed by atoms with Crippen molar-refractivity contribution in [2.45, 2.75) is 33.1 Å². The Bertz CT molecular complexity index is 443. The number of hydrogen-bond donors (Lipinski definition) is 0. The molecule has 0 saturated carbocycles. The topological polar surface area (TPSA) is 30.2 Å². The molecular weight excluding hydrogens is 174 g/mol. The van der Waals surface area contributed by atoms with Crippen molar-refractivity contribution in [2.75, 3.05) is 0 Å². The van der Waals surface area contributed by atoms with Crippen molar-refractivity contribution in [3.63, 3.8) is 0 Å². The van der Waals surface area contributed by atoms with Crippen LogP contribution in [0.1, 0.15) is 37.8 Å². The molecule has 3 nitrogen and oxygen atoms in total. The van der Waals surface area contributed by atoms with Crippen molar-refractivity contribution >= 4 is 5.65 Å². The largest absolute Gasteiger partial charge is 0.221 e. The third-order valence-corrected chi connectivity index (χ3v) is 2.54. The summed E-state index contributed by atoms with van der Waals surface area (Å²) < 4.78 is 1.84. The normalized spacial score (nSPS) is 11.4. The first-order valence-corrected chi connectivity index (χ1v) is 5.04. The van der Waals surface area contributed by atoms with Gasteiger partial charge in [0, 0.05) is 6.20 Å². The van der Waals surface area contributed by atoms with Crippen LogP contribution in [0, 0.1) is 0 Å². The zero-order valence-electron chi connectivity index (χ0n) is 8.86. The van der Waals surface area contributed by atoms with Gasteiger partial charge in [-0.25, -0.2) is 9.50 Å². The molecule has 0 aliphatic carbocycles. The van der Waals surface area contributed by atoms with E-state index in [4.69, 9.17) is 0 Å². The SMILES string of the molecule is CCc1cc2ncnn2cc1C(C)C. The molecule has 0 spiro atoms. The van der Waals surface area contributed by atoms with Gasteiger partial charge < -0.3 is 0 Å². The molecule has 0 aromatic carbocycles. The van der Waals surface area contributed by atoms with Gasteiger partial charge >= 0.3 is 0 Å². The lowest BCUT2D eigenvalue weighted by molar-refractivity contribution is 0.814. The molecule has 0 aliphatic rings. The van der Waals surface area contributed by atoms with Crippen molar-refractivity contribution in [3.05, 3.63) is 29.7 Å². The van der Waals surface area contributed by atoms with Crippen molar-refractivity contribution < 1.29 is 0 Å². The van der Waals surface area contributed by atoms with Crippen LogP contribution in [0.5, 0.6) is 0 Å². The van der Waals surface area contributed by atoms with Crippen molar-refractivity contribution in [1.29, 1.82) is 0 Å². The monoisotopic (exact) mass is 189 g/mol. The number of aryl methyl sites for hydroxylation is 1. The first kappa shape index (κ1) is 9.19. The highest BCUT2D eigenvalue weighted by Gasteiger charge is 2.07. The molecule has 2 heterocycles. The van der Waals surface area contributed by atoms with E-state index in [2.05, 4.69) is 43.1 Å². The van der Waals surface area contributed by atoms with E-state index in [0.717, 1.165) is 12.1 Å². The number of aromatic nitrogens is 3. The Kier molecular flexibility index (Phi) is 2.23. The quantitative estimate of drug-likeness (QED) is 0.726. The van der Waals surface area contributed by atoms with Gasteiger partial charge in [-0.2, -0.15) is 5.10 Å². The van der Waals surface area contributed by atoms with Gasteiger partial charge in [-0.3, -0.25) is 0 Å². The molecule has 2 aromatic heterocycles. The molecule has 0 unspecified atom stereocenters. The van der Waals surface area contributed by atoms with Gasteiger partial charge in [0.1, 0.15) is 6.33 Å². The van der Waals surface area contributed by atoms with Crippen LogP contribution < -0.4 is 0 Å². The van der Waals surface area contributed by atoms with Gasteiger partial charge in [0.2, 0.25) is 0 Å². The third kappa shape index (κ3) is 1.39. The zero-order valence-corrected chi connectivity index (χ0v) is 8.86. The molecule has 3 heteroatoms. The predicted molar refractivity (Wildman–Crippen MR) is 56.5 cm³/mol. The van der Waals surface area contributed by atoms with E-state index in [1.54, 1.807) is 6.33 Å². The predicted octanol–water partition coefficient (Wildman–Crippen LogP) is 2.42. The molecule has 0 amide bonds. The Balaban J connectivity index is 2.66. The average Bonchev–Trinajstić information content (AvgIpc) is 2.62. The summed E-state index contributed by atoms with van der Waals surface area (Å²) in [5.74, 6) is 0.540. The van der Waals surface area contributed by atoms with Crippen LogP contribution in [0.2, 0.25) is 0 Å². The van der Waals surface area contributed by atoms with Gasteiger partial charge in [-0.15, -0.1) is 0 Å². The van der Waals surface area contributed by atoms with E-state index in [1.807, 2.05) is 4.52 Å². The zero-order chi connectivity index (χ0) is 10.1. The Labute approximate surface area is 83.8 Å². The van der Waals surface area contributed by atoms with E-state index in [-0.39, 0.29) is 0 Å². The summed E-state index contributed by atoms with van der Waals surface area (Å²) in [6, 6.07) is 2.13. The second kappa shape index (κ2) is 3.40. The minimum absolute atomic E-state index is 0.540. The lowest BCUT2D eigenvalue weighted by Gasteiger charge is -2.11. The lowest BCUT2D eigenvalue weighted by Crippen LogP contribution is -1.99. The van der Waals surface area contributed by atoms with Crippen LogP contribution in [-0.2, 0) is 6.42 Å². The molecule has 0 bridgehead atoms. The summed E-state index contributed by atoms with van der Waals surface area (Å²) >= 11 is 0. The summed E-state index contributed by atoms with van der Waals surface area (Å²) in [6.45, 7) is 6.59. The second-order valence-electron chi connectivity index (χ2n) is 3.83. The highest BCUT2D eigenvalue weighted by Crippen LogP contribution is 2.20. The molecule has 0 saturated heterocycles. The van der Waals surface area contributed by atoms with E-state index in [1.165, 1.54) is 11.1 Å². The molecule has 14 heavy (non-hydrogen) atoms. The van der Waals surface area contributed by atoms with Gasteiger partial charge in [0.15, 0.2) is 5.65 Å². The van der Waals surface area contributed by atoms with E-state index in [0.29, 0.717) is 5.92 Å². The van der Waals surface area contributed by atoms with E-state index in [9.17, 15) is 0 Å². The number of fused-ring (bicyclic) bond motifs is 1. The van der Waals surface area contributed by atoms with Crippen LogP contribution >= 0.6 is 0 Å². The Morgan fingerprint density at radius 3 is 2.86 bits per heavy atom. The highest BCUT2D eigenvalue weighted by atomic mass is 15.3. The van der Waals surface area contributed by atoms with Crippen molar-refractivity contribution in [1.82, 2.24) is 14.6 Å². The fourth-order valence-corrected chi connectivity index (χ4v) is 1.74. The Hall–Kier alpha value is -1.38. The fraction of sp³-hybridized carbons (Fsp3) is 0.455. The number of hydrogen-bond acceptors (Lipinski definition) is 2. The standard InChI is InChI=1S/C11H15N3/c1-4-9-5-11-12-7-13-14(11)6-10(9)8(2)3/h5-8H,4H2,1-3H3. The van der Waals surface area contributed by atoms with E-state index >= 15 is 0 Å². The van der Waals surface area contributed by atoms with Crippen LogP contribution in [-0.4, -0.2) is 14.6 Å². The van der Waals surface area contributed by atoms with Crippen LogP contribution in [0.3, 0.4) is 0 Å². The average molecular weight is 189 g/mol.